The van der Waals surface area contributed by atoms with Crippen molar-refractivity contribution in [3.05, 3.63) is 59.7 Å². The highest BCUT2D eigenvalue weighted by molar-refractivity contribution is 5.96. The third-order valence-corrected chi connectivity index (χ3v) is 3.25. The standard InChI is InChI=1S/C16H14O4/c17-15(18)14-7-2-1-6-13(14)11-4-3-5-12(10-11)16-19-8-9-20-16/h1-7,10,16H,8-9H2,(H,17,18). The summed E-state index contributed by atoms with van der Waals surface area (Å²) in [6.07, 6.45) is -0.355. The Morgan fingerprint density at radius 1 is 1.05 bits per heavy atom. The lowest BCUT2D eigenvalue weighted by Crippen LogP contribution is -2.01. The topological polar surface area (TPSA) is 55.8 Å². The average Bonchev–Trinajstić information content (AvgIpc) is 3.01. The van der Waals surface area contributed by atoms with Gasteiger partial charge in [-0.25, -0.2) is 4.79 Å². The molecule has 3 rings (SSSR count). The van der Waals surface area contributed by atoms with E-state index in [1.54, 1.807) is 18.2 Å². The van der Waals surface area contributed by atoms with Crippen molar-refractivity contribution in [2.24, 2.45) is 0 Å². The number of ether oxygens (including phenoxy) is 2. The largest absolute Gasteiger partial charge is 0.478 e. The van der Waals surface area contributed by atoms with E-state index in [1.165, 1.54) is 0 Å². The lowest BCUT2D eigenvalue weighted by Gasteiger charge is -2.12. The van der Waals surface area contributed by atoms with Crippen molar-refractivity contribution in [2.75, 3.05) is 13.2 Å². The van der Waals surface area contributed by atoms with E-state index in [9.17, 15) is 9.90 Å². The van der Waals surface area contributed by atoms with Gasteiger partial charge in [-0.05, 0) is 23.3 Å². The van der Waals surface area contributed by atoms with Crippen LogP contribution >= 0.6 is 0 Å². The molecular weight excluding hydrogens is 256 g/mol. The fourth-order valence-electron chi connectivity index (χ4n) is 2.33. The lowest BCUT2D eigenvalue weighted by atomic mass is 9.98. The van der Waals surface area contributed by atoms with E-state index in [4.69, 9.17) is 9.47 Å². The minimum atomic E-state index is -0.931. The molecule has 0 saturated carbocycles. The van der Waals surface area contributed by atoms with Gasteiger partial charge in [0.15, 0.2) is 6.29 Å². The molecule has 1 heterocycles. The molecule has 0 radical (unpaired) electrons. The van der Waals surface area contributed by atoms with Crippen molar-refractivity contribution < 1.29 is 19.4 Å². The Kier molecular flexibility index (Phi) is 3.50. The number of aromatic carboxylic acids is 1. The van der Waals surface area contributed by atoms with Crippen molar-refractivity contribution >= 4 is 5.97 Å². The molecule has 1 aliphatic heterocycles. The monoisotopic (exact) mass is 270 g/mol. The highest BCUT2D eigenvalue weighted by Gasteiger charge is 2.19. The minimum Gasteiger partial charge on any atom is -0.478 e. The van der Waals surface area contributed by atoms with E-state index >= 15 is 0 Å². The third kappa shape index (κ3) is 2.43. The van der Waals surface area contributed by atoms with Crippen LogP contribution in [-0.2, 0) is 9.47 Å². The number of hydrogen-bond acceptors (Lipinski definition) is 3. The van der Waals surface area contributed by atoms with Gasteiger partial charge in [0.25, 0.3) is 0 Å². The molecule has 1 aliphatic rings. The molecule has 20 heavy (non-hydrogen) atoms. The van der Waals surface area contributed by atoms with Crippen molar-refractivity contribution in [1.82, 2.24) is 0 Å². The predicted octanol–water partition coefficient (Wildman–Crippen LogP) is 3.10. The Bertz CT molecular complexity index is 630. The molecule has 2 aromatic rings. The van der Waals surface area contributed by atoms with Crippen LogP contribution in [0.5, 0.6) is 0 Å². The molecule has 0 spiro atoms. The van der Waals surface area contributed by atoms with Crippen LogP contribution in [-0.4, -0.2) is 24.3 Å². The Morgan fingerprint density at radius 3 is 2.55 bits per heavy atom. The molecule has 0 aliphatic carbocycles. The summed E-state index contributed by atoms with van der Waals surface area (Å²) >= 11 is 0. The van der Waals surface area contributed by atoms with Crippen molar-refractivity contribution in [3.63, 3.8) is 0 Å². The molecule has 0 amide bonds. The van der Waals surface area contributed by atoms with Crippen LogP contribution in [0.15, 0.2) is 48.5 Å². The molecular formula is C16H14O4. The van der Waals surface area contributed by atoms with E-state index < -0.39 is 5.97 Å². The van der Waals surface area contributed by atoms with Crippen molar-refractivity contribution in [3.8, 4) is 11.1 Å². The first-order valence-corrected chi connectivity index (χ1v) is 6.41. The van der Waals surface area contributed by atoms with Gasteiger partial charge < -0.3 is 14.6 Å². The molecule has 1 fully saturated rings. The highest BCUT2D eigenvalue weighted by atomic mass is 16.7. The van der Waals surface area contributed by atoms with Gasteiger partial charge in [-0.3, -0.25) is 0 Å². The fraction of sp³-hybridized carbons (Fsp3) is 0.188. The molecule has 0 atom stereocenters. The first-order chi connectivity index (χ1) is 9.75. The van der Waals surface area contributed by atoms with Crippen LogP contribution < -0.4 is 0 Å². The quantitative estimate of drug-likeness (QED) is 0.931. The zero-order valence-corrected chi connectivity index (χ0v) is 10.8. The van der Waals surface area contributed by atoms with Gasteiger partial charge in [-0.1, -0.05) is 36.4 Å². The van der Waals surface area contributed by atoms with E-state index in [0.29, 0.717) is 18.8 Å². The number of carboxylic acids is 1. The van der Waals surface area contributed by atoms with Crippen LogP contribution in [0.1, 0.15) is 22.2 Å². The first kappa shape index (κ1) is 12.8. The van der Waals surface area contributed by atoms with E-state index in [2.05, 4.69) is 0 Å². The van der Waals surface area contributed by atoms with Crippen LogP contribution in [0.3, 0.4) is 0 Å². The molecule has 4 nitrogen and oxygen atoms in total. The van der Waals surface area contributed by atoms with Crippen LogP contribution in [0.25, 0.3) is 11.1 Å². The van der Waals surface area contributed by atoms with Crippen LogP contribution in [0.4, 0.5) is 0 Å². The summed E-state index contributed by atoms with van der Waals surface area (Å²) in [5.74, 6) is -0.931. The van der Waals surface area contributed by atoms with Gasteiger partial charge in [0.2, 0.25) is 0 Å². The van der Waals surface area contributed by atoms with E-state index in [1.807, 2.05) is 30.3 Å². The van der Waals surface area contributed by atoms with Crippen LogP contribution in [0, 0.1) is 0 Å². The second-order valence-electron chi connectivity index (χ2n) is 4.55. The number of benzene rings is 2. The van der Waals surface area contributed by atoms with Gasteiger partial charge in [0.1, 0.15) is 0 Å². The Balaban J connectivity index is 2.02. The summed E-state index contributed by atoms with van der Waals surface area (Å²) in [6, 6.07) is 14.6. The zero-order valence-electron chi connectivity index (χ0n) is 10.8. The minimum absolute atomic E-state index is 0.290. The molecule has 1 saturated heterocycles. The Labute approximate surface area is 116 Å². The maximum atomic E-state index is 11.3. The average molecular weight is 270 g/mol. The molecule has 2 aromatic carbocycles. The second-order valence-corrected chi connectivity index (χ2v) is 4.55. The number of hydrogen-bond donors (Lipinski definition) is 1. The summed E-state index contributed by atoms with van der Waals surface area (Å²) < 4.78 is 10.9. The molecule has 0 aromatic heterocycles. The van der Waals surface area contributed by atoms with E-state index in [-0.39, 0.29) is 11.9 Å². The lowest BCUT2D eigenvalue weighted by molar-refractivity contribution is -0.0440. The SMILES string of the molecule is O=C(O)c1ccccc1-c1cccc(C2OCCO2)c1. The van der Waals surface area contributed by atoms with Gasteiger partial charge in [-0.2, -0.15) is 0 Å². The van der Waals surface area contributed by atoms with Gasteiger partial charge in [-0.15, -0.1) is 0 Å². The summed E-state index contributed by atoms with van der Waals surface area (Å²) in [7, 11) is 0. The molecule has 1 N–H and O–H groups in total. The fourth-order valence-corrected chi connectivity index (χ4v) is 2.33. The maximum Gasteiger partial charge on any atom is 0.336 e. The normalized spacial score (nSPS) is 15.4. The maximum absolute atomic E-state index is 11.3. The third-order valence-electron chi connectivity index (χ3n) is 3.25. The highest BCUT2D eigenvalue weighted by Crippen LogP contribution is 2.29. The predicted molar refractivity (Wildman–Crippen MR) is 73.5 cm³/mol. The first-order valence-electron chi connectivity index (χ1n) is 6.41. The number of carboxylic acid groups (broad SMARTS) is 1. The molecule has 102 valence electrons. The van der Waals surface area contributed by atoms with Gasteiger partial charge in [0.05, 0.1) is 18.8 Å². The molecule has 0 unspecified atom stereocenters. The number of rotatable bonds is 3. The Hall–Kier alpha value is -2.17. The van der Waals surface area contributed by atoms with Crippen molar-refractivity contribution in [1.29, 1.82) is 0 Å². The van der Waals surface area contributed by atoms with E-state index in [0.717, 1.165) is 11.1 Å². The summed E-state index contributed by atoms with van der Waals surface area (Å²) in [4.78, 5) is 11.3. The summed E-state index contributed by atoms with van der Waals surface area (Å²) in [5, 5.41) is 9.26. The summed E-state index contributed by atoms with van der Waals surface area (Å²) in [5.41, 5.74) is 2.73. The van der Waals surface area contributed by atoms with Gasteiger partial charge in [0, 0.05) is 5.56 Å². The molecule has 4 heteroatoms. The van der Waals surface area contributed by atoms with Crippen molar-refractivity contribution in [2.45, 2.75) is 6.29 Å². The smallest absolute Gasteiger partial charge is 0.336 e. The molecule has 0 bridgehead atoms. The number of carbonyl (C=O) groups is 1. The Morgan fingerprint density at radius 2 is 1.80 bits per heavy atom. The van der Waals surface area contributed by atoms with Crippen LogP contribution in [0.2, 0.25) is 0 Å². The zero-order chi connectivity index (χ0) is 13.9. The summed E-state index contributed by atoms with van der Waals surface area (Å²) in [6.45, 7) is 1.17. The van der Waals surface area contributed by atoms with Gasteiger partial charge >= 0.3 is 5.97 Å². The second kappa shape index (κ2) is 5.45.